The third-order valence-corrected chi connectivity index (χ3v) is 9.50. The Morgan fingerprint density at radius 3 is 2.11 bits per heavy atom. The van der Waals surface area contributed by atoms with Crippen LogP contribution in [0.25, 0.3) is 22.7 Å². The van der Waals surface area contributed by atoms with Gasteiger partial charge in [-0.15, -0.1) is 0 Å². The Labute approximate surface area is 265 Å². The van der Waals surface area contributed by atoms with Crippen molar-refractivity contribution in [1.82, 2.24) is 9.47 Å². The number of para-hydroxylation sites is 2. The van der Waals surface area contributed by atoms with E-state index in [0.717, 1.165) is 17.0 Å². The highest BCUT2D eigenvalue weighted by atomic mass is 15.4. The maximum absolute atomic E-state index is 5.55. The predicted molar refractivity (Wildman–Crippen MR) is 188 cm³/mol. The number of anilines is 1. The van der Waals surface area contributed by atoms with E-state index in [-0.39, 0.29) is 18.2 Å². The maximum atomic E-state index is 5.55. The molecule has 220 valence electrons. The largest absolute Gasteiger partial charge is 0.335 e. The number of fused-ring (bicyclic) bond motifs is 5. The normalized spacial score (nSPS) is 20.9. The molecule has 0 fully saturated rings. The number of aliphatic imine (C=N–C) groups is 1. The minimum absolute atomic E-state index is 0.0841. The predicted octanol–water partition coefficient (Wildman–Crippen LogP) is 9.63. The van der Waals surface area contributed by atoms with Crippen LogP contribution in [-0.4, -0.2) is 22.2 Å². The van der Waals surface area contributed by atoms with Gasteiger partial charge in [-0.1, -0.05) is 121 Å². The van der Waals surface area contributed by atoms with Gasteiger partial charge in [0.15, 0.2) is 0 Å². The summed E-state index contributed by atoms with van der Waals surface area (Å²) in [5.74, 6) is 0.215. The van der Waals surface area contributed by atoms with Crippen molar-refractivity contribution < 1.29 is 0 Å². The first kappa shape index (κ1) is 27.2. The van der Waals surface area contributed by atoms with Crippen LogP contribution in [0.3, 0.4) is 0 Å². The molecule has 0 spiro atoms. The molecule has 4 aromatic carbocycles. The van der Waals surface area contributed by atoms with Gasteiger partial charge in [0.25, 0.3) is 0 Å². The van der Waals surface area contributed by atoms with E-state index in [0.29, 0.717) is 0 Å². The first-order valence-corrected chi connectivity index (χ1v) is 15.8. The van der Waals surface area contributed by atoms with E-state index in [1.165, 1.54) is 44.7 Å². The highest BCUT2D eigenvalue weighted by Crippen LogP contribution is 2.53. The molecule has 1 aromatic heterocycles. The van der Waals surface area contributed by atoms with Crippen LogP contribution in [-0.2, 0) is 0 Å². The minimum atomic E-state index is -0.287. The smallest absolute Gasteiger partial charge is 0.203 e. The molecule has 45 heavy (non-hydrogen) atoms. The summed E-state index contributed by atoms with van der Waals surface area (Å²) in [5.41, 5.74) is 12.1. The molecule has 4 nitrogen and oxygen atoms in total. The van der Waals surface area contributed by atoms with Gasteiger partial charge in [-0.3, -0.25) is 0 Å². The lowest BCUT2D eigenvalue weighted by Crippen LogP contribution is -2.35. The van der Waals surface area contributed by atoms with E-state index in [9.17, 15) is 0 Å². The average molecular weight is 585 g/mol. The molecule has 0 saturated carbocycles. The molecule has 3 unspecified atom stereocenters. The number of allylic oxidation sites excluding steroid dienone is 4. The molecule has 2 aliphatic heterocycles. The second kappa shape index (κ2) is 11.0. The SMILES string of the molecule is C/C=C\C1=C(C)N(c2ccccc2)C2c3c(c4ccccc4n3C3N=C(c4ccccc4)C=C(c4ccccc4)N3C)C=CC12. The van der Waals surface area contributed by atoms with Crippen LogP contribution >= 0.6 is 0 Å². The summed E-state index contributed by atoms with van der Waals surface area (Å²) in [4.78, 5) is 10.5. The molecular formula is C41H36N4. The summed E-state index contributed by atoms with van der Waals surface area (Å²) in [7, 11) is 2.18. The lowest BCUT2D eigenvalue weighted by atomic mass is 9.85. The fraction of sp³-hybridized carbons (Fsp3) is 0.146. The van der Waals surface area contributed by atoms with E-state index in [1.807, 2.05) is 0 Å². The van der Waals surface area contributed by atoms with Gasteiger partial charge in [-0.05, 0) is 54.8 Å². The molecule has 1 aliphatic carbocycles. The maximum Gasteiger partial charge on any atom is 0.203 e. The summed E-state index contributed by atoms with van der Waals surface area (Å²) >= 11 is 0. The van der Waals surface area contributed by atoms with Crippen LogP contribution in [0.4, 0.5) is 5.69 Å². The van der Waals surface area contributed by atoms with Gasteiger partial charge < -0.3 is 14.4 Å². The molecule has 8 rings (SSSR count). The quantitative estimate of drug-likeness (QED) is 0.205. The van der Waals surface area contributed by atoms with Crippen LogP contribution in [0.15, 0.2) is 156 Å². The highest BCUT2D eigenvalue weighted by molar-refractivity contribution is 6.13. The first-order chi connectivity index (χ1) is 22.2. The minimum Gasteiger partial charge on any atom is -0.335 e. The van der Waals surface area contributed by atoms with Gasteiger partial charge >= 0.3 is 0 Å². The molecule has 0 saturated heterocycles. The van der Waals surface area contributed by atoms with Crippen molar-refractivity contribution >= 4 is 34.1 Å². The topological polar surface area (TPSA) is 23.8 Å². The Morgan fingerprint density at radius 2 is 1.40 bits per heavy atom. The molecular weight excluding hydrogens is 548 g/mol. The number of rotatable bonds is 5. The number of nitrogens with zero attached hydrogens (tertiary/aromatic N) is 4. The van der Waals surface area contributed by atoms with Crippen molar-refractivity contribution in [3.05, 3.63) is 173 Å². The first-order valence-electron chi connectivity index (χ1n) is 15.8. The van der Waals surface area contributed by atoms with Gasteiger partial charge in [-0.25, -0.2) is 4.99 Å². The monoisotopic (exact) mass is 584 g/mol. The molecule has 0 radical (unpaired) electrons. The van der Waals surface area contributed by atoms with E-state index in [1.54, 1.807) is 0 Å². The van der Waals surface area contributed by atoms with Crippen LogP contribution in [0.5, 0.6) is 0 Å². The second-order valence-corrected chi connectivity index (χ2v) is 12.0. The van der Waals surface area contributed by atoms with Crippen molar-refractivity contribution in [1.29, 1.82) is 0 Å². The average Bonchev–Trinajstić information content (AvgIpc) is 3.58. The third-order valence-electron chi connectivity index (χ3n) is 9.50. The van der Waals surface area contributed by atoms with E-state index in [4.69, 9.17) is 4.99 Å². The third kappa shape index (κ3) is 4.32. The molecule has 0 amide bonds. The lowest BCUT2D eigenvalue weighted by Gasteiger charge is -2.39. The van der Waals surface area contributed by atoms with Crippen molar-refractivity contribution in [2.45, 2.75) is 26.2 Å². The summed E-state index contributed by atoms with van der Waals surface area (Å²) in [6, 6.07) is 41.0. The zero-order valence-corrected chi connectivity index (χ0v) is 25.9. The molecule has 5 aromatic rings. The Bertz CT molecular complexity index is 2040. The molecule has 0 N–H and O–H groups in total. The van der Waals surface area contributed by atoms with Gasteiger partial charge in [0, 0.05) is 41.0 Å². The molecule has 0 bridgehead atoms. The van der Waals surface area contributed by atoms with E-state index in [2.05, 4.69) is 181 Å². The molecule has 3 heterocycles. The van der Waals surface area contributed by atoms with Crippen LogP contribution in [0.2, 0.25) is 0 Å². The molecule has 4 heteroatoms. The number of hydrogen-bond acceptors (Lipinski definition) is 3. The Balaban J connectivity index is 1.39. The Morgan fingerprint density at radius 1 is 0.756 bits per heavy atom. The number of aromatic nitrogens is 1. The lowest BCUT2D eigenvalue weighted by molar-refractivity contribution is 0.266. The highest BCUT2D eigenvalue weighted by Gasteiger charge is 2.45. The fourth-order valence-corrected chi connectivity index (χ4v) is 7.51. The van der Waals surface area contributed by atoms with Gasteiger partial charge in [0.05, 0.1) is 23.0 Å². The van der Waals surface area contributed by atoms with Crippen LogP contribution < -0.4 is 4.90 Å². The fourth-order valence-electron chi connectivity index (χ4n) is 7.51. The van der Waals surface area contributed by atoms with E-state index < -0.39 is 0 Å². The van der Waals surface area contributed by atoms with Crippen LogP contribution in [0.1, 0.15) is 48.6 Å². The van der Waals surface area contributed by atoms with E-state index >= 15 is 0 Å². The molecule has 3 aliphatic rings. The van der Waals surface area contributed by atoms with Crippen molar-refractivity contribution in [3.63, 3.8) is 0 Å². The summed E-state index contributed by atoms with van der Waals surface area (Å²) in [5, 5.41) is 1.26. The van der Waals surface area contributed by atoms with Gasteiger partial charge in [0.2, 0.25) is 6.29 Å². The Kier molecular flexibility index (Phi) is 6.64. The Hall–Kier alpha value is -5.35. The summed E-state index contributed by atoms with van der Waals surface area (Å²) < 4.78 is 2.52. The molecule has 3 atom stereocenters. The zero-order valence-electron chi connectivity index (χ0n) is 25.9. The van der Waals surface area contributed by atoms with Gasteiger partial charge in [-0.2, -0.15) is 0 Å². The van der Waals surface area contributed by atoms with Gasteiger partial charge in [0.1, 0.15) is 0 Å². The number of benzene rings is 4. The second-order valence-electron chi connectivity index (χ2n) is 12.0. The van der Waals surface area contributed by atoms with Crippen molar-refractivity contribution in [2.24, 2.45) is 10.9 Å². The zero-order chi connectivity index (χ0) is 30.5. The summed E-state index contributed by atoms with van der Waals surface area (Å²) in [6.45, 7) is 4.39. The standard InChI is InChI=1S/C41H36N4/c1-4-16-32-28(2)44(31-21-12-7-13-22-31)39-34(32)25-26-35-33-23-14-15-24-37(33)45(40(35)39)41-42-36(29-17-8-5-9-18-29)27-38(43(41)3)30-19-10-6-11-20-30/h4-27,34,39,41H,1-3H3/b16-4-. The van der Waals surface area contributed by atoms with Crippen molar-refractivity contribution in [3.8, 4) is 0 Å². The number of hydrogen-bond donors (Lipinski definition) is 0. The summed E-state index contributed by atoms with van der Waals surface area (Å²) in [6.07, 6.45) is 11.2. The van der Waals surface area contributed by atoms with Crippen LogP contribution in [0, 0.1) is 5.92 Å². The van der Waals surface area contributed by atoms with Crippen molar-refractivity contribution in [2.75, 3.05) is 11.9 Å².